The molecule has 3 aliphatic rings. The molecule has 1 saturated heterocycles. The first-order valence-electron chi connectivity index (χ1n) is 5.81. The molecule has 88 valence electrons. The van der Waals surface area contributed by atoms with Gasteiger partial charge in [-0.15, -0.1) is 0 Å². The largest absolute Gasteiger partial charge is 0.472 e. The number of hydrogen-bond donors (Lipinski definition) is 0. The van der Waals surface area contributed by atoms with Crippen LogP contribution in [-0.2, 0) is 19.0 Å². The zero-order chi connectivity index (χ0) is 11.3. The molecule has 0 aromatic rings. The summed E-state index contributed by atoms with van der Waals surface area (Å²) in [6.45, 7) is 2.09. The highest BCUT2D eigenvalue weighted by Gasteiger charge is 2.54. The molecule has 5 unspecified atom stereocenters. The minimum atomic E-state index is -0.261. The van der Waals surface area contributed by atoms with Crippen LogP contribution in [0.1, 0.15) is 19.8 Å². The standard InChI is InChI=1S/C12H16O4/c1-6-7-3-4-8-9(11(13)14-2)5-15-12(16-6)10(7)8/h5-8,10,12H,3-4H2,1-2H3. The van der Waals surface area contributed by atoms with Gasteiger partial charge in [0.05, 0.1) is 25.0 Å². The summed E-state index contributed by atoms with van der Waals surface area (Å²) < 4.78 is 16.0. The van der Waals surface area contributed by atoms with Gasteiger partial charge in [0.2, 0.25) is 6.29 Å². The normalized spacial score (nSPS) is 44.6. The Hall–Kier alpha value is -1.03. The molecule has 0 bridgehead atoms. The molecule has 2 aliphatic heterocycles. The van der Waals surface area contributed by atoms with Gasteiger partial charge in [-0.2, -0.15) is 0 Å². The van der Waals surface area contributed by atoms with Crippen LogP contribution in [0.4, 0.5) is 0 Å². The molecule has 0 aromatic carbocycles. The third-order valence-corrected chi connectivity index (χ3v) is 4.19. The van der Waals surface area contributed by atoms with E-state index in [2.05, 4.69) is 6.92 Å². The molecule has 3 rings (SSSR count). The van der Waals surface area contributed by atoms with Crippen LogP contribution >= 0.6 is 0 Å². The average molecular weight is 224 g/mol. The van der Waals surface area contributed by atoms with Crippen LogP contribution in [0.3, 0.4) is 0 Å². The molecular weight excluding hydrogens is 208 g/mol. The van der Waals surface area contributed by atoms with Crippen LogP contribution in [0.2, 0.25) is 0 Å². The van der Waals surface area contributed by atoms with Gasteiger partial charge in [0.1, 0.15) is 0 Å². The molecule has 1 saturated carbocycles. The summed E-state index contributed by atoms with van der Waals surface area (Å²) in [7, 11) is 1.41. The van der Waals surface area contributed by atoms with Crippen molar-refractivity contribution in [1.82, 2.24) is 0 Å². The lowest BCUT2D eigenvalue weighted by Gasteiger charge is -2.29. The lowest BCUT2D eigenvalue weighted by Crippen LogP contribution is -2.32. The second kappa shape index (κ2) is 3.48. The number of rotatable bonds is 1. The summed E-state index contributed by atoms with van der Waals surface area (Å²) in [5, 5.41) is 0. The zero-order valence-corrected chi connectivity index (χ0v) is 9.51. The molecular formula is C12H16O4. The molecule has 2 fully saturated rings. The van der Waals surface area contributed by atoms with Gasteiger partial charge >= 0.3 is 5.97 Å². The van der Waals surface area contributed by atoms with Gasteiger partial charge in [0.25, 0.3) is 0 Å². The van der Waals surface area contributed by atoms with E-state index >= 15 is 0 Å². The van der Waals surface area contributed by atoms with Crippen LogP contribution in [0.5, 0.6) is 0 Å². The van der Waals surface area contributed by atoms with E-state index in [0.29, 0.717) is 17.4 Å². The third kappa shape index (κ3) is 1.22. The van der Waals surface area contributed by atoms with Crippen molar-refractivity contribution in [1.29, 1.82) is 0 Å². The summed E-state index contributed by atoms with van der Waals surface area (Å²) in [4.78, 5) is 11.6. The van der Waals surface area contributed by atoms with E-state index in [1.807, 2.05) is 0 Å². The maximum atomic E-state index is 11.6. The Balaban J connectivity index is 1.90. The van der Waals surface area contributed by atoms with Crippen LogP contribution in [0.15, 0.2) is 11.8 Å². The summed E-state index contributed by atoms with van der Waals surface area (Å²) >= 11 is 0. The SMILES string of the molecule is COC(=O)C1=COC2OC(C)C3CCC1C23. The maximum Gasteiger partial charge on any atom is 0.337 e. The molecule has 5 atom stereocenters. The van der Waals surface area contributed by atoms with Crippen molar-refractivity contribution in [2.75, 3.05) is 7.11 Å². The van der Waals surface area contributed by atoms with E-state index in [1.165, 1.54) is 13.4 Å². The molecule has 0 spiro atoms. The minimum Gasteiger partial charge on any atom is -0.472 e. The van der Waals surface area contributed by atoms with Gasteiger partial charge in [0.15, 0.2) is 0 Å². The lowest BCUT2D eigenvalue weighted by atomic mass is 9.83. The summed E-state index contributed by atoms with van der Waals surface area (Å²) in [5.74, 6) is 0.877. The second-order valence-electron chi connectivity index (χ2n) is 4.84. The molecule has 4 nitrogen and oxygen atoms in total. The van der Waals surface area contributed by atoms with Gasteiger partial charge in [-0.3, -0.25) is 0 Å². The molecule has 2 heterocycles. The van der Waals surface area contributed by atoms with E-state index in [9.17, 15) is 4.79 Å². The number of hydrogen-bond acceptors (Lipinski definition) is 4. The topological polar surface area (TPSA) is 44.8 Å². The molecule has 0 radical (unpaired) electrons. The first kappa shape index (κ1) is 10.1. The van der Waals surface area contributed by atoms with Crippen LogP contribution in [0, 0.1) is 17.8 Å². The predicted molar refractivity (Wildman–Crippen MR) is 55.2 cm³/mol. The summed E-state index contributed by atoms with van der Waals surface area (Å²) in [6.07, 6.45) is 3.79. The van der Waals surface area contributed by atoms with Crippen molar-refractivity contribution >= 4 is 5.97 Å². The van der Waals surface area contributed by atoms with Crippen molar-refractivity contribution in [3.63, 3.8) is 0 Å². The summed E-state index contributed by atoms with van der Waals surface area (Å²) in [6, 6.07) is 0. The van der Waals surface area contributed by atoms with Gasteiger partial charge in [-0.1, -0.05) is 0 Å². The monoisotopic (exact) mass is 224 g/mol. The van der Waals surface area contributed by atoms with Crippen molar-refractivity contribution < 1.29 is 19.0 Å². The van der Waals surface area contributed by atoms with Gasteiger partial charge in [-0.05, 0) is 25.7 Å². The van der Waals surface area contributed by atoms with E-state index in [4.69, 9.17) is 14.2 Å². The number of carbonyl (C=O) groups is 1. The number of carbonyl (C=O) groups excluding carboxylic acids is 1. The Morgan fingerprint density at radius 2 is 2.31 bits per heavy atom. The fourth-order valence-electron chi connectivity index (χ4n) is 3.43. The Kier molecular flexibility index (Phi) is 2.21. The van der Waals surface area contributed by atoms with Crippen LogP contribution in [-0.4, -0.2) is 25.5 Å². The van der Waals surface area contributed by atoms with Crippen molar-refractivity contribution in [3.8, 4) is 0 Å². The molecule has 4 heteroatoms. The number of esters is 1. The zero-order valence-electron chi connectivity index (χ0n) is 9.51. The molecule has 0 aromatic heterocycles. The van der Waals surface area contributed by atoms with E-state index in [0.717, 1.165) is 12.8 Å². The first-order valence-corrected chi connectivity index (χ1v) is 5.81. The fourth-order valence-corrected chi connectivity index (χ4v) is 3.43. The minimum absolute atomic E-state index is 0.152. The maximum absolute atomic E-state index is 11.6. The quantitative estimate of drug-likeness (QED) is 0.632. The highest BCUT2D eigenvalue weighted by Crippen LogP contribution is 2.52. The Morgan fingerprint density at radius 3 is 3.06 bits per heavy atom. The molecule has 0 amide bonds. The van der Waals surface area contributed by atoms with Crippen LogP contribution < -0.4 is 0 Å². The summed E-state index contributed by atoms with van der Waals surface area (Å²) in [5.41, 5.74) is 0.684. The van der Waals surface area contributed by atoms with Crippen molar-refractivity contribution in [2.45, 2.75) is 32.2 Å². The highest BCUT2D eigenvalue weighted by molar-refractivity contribution is 5.89. The first-order chi connectivity index (χ1) is 7.72. The Labute approximate surface area is 94.5 Å². The van der Waals surface area contributed by atoms with E-state index < -0.39 is 0 Å². The third-order valence-electron chi connectivity index (χ3n) is 4.19. The fraction of sp³-hybridized carbons (Fsp3) is 0.750. The molecule has 1 aliphatic carbocycles. The van der Waals surface area contributed by atoms with Gasteiger partial charge < -0.3 is 14.2 Å². The smallest absolute Gasteiger partial charge is 0.337 e. The number of methoxy groups -OCH3 is 1. The van der Waals surface area contributed by atoms with Gasteiger partial charge in [-0.25, -0.2) is 4.79 Å². The predicted octanol–water partition coefficient (Wildman–Crippen LogP) is 1.46. The Morgan fingerprint density at radius 1 is 1.50 bits per heavy atom. The van der Waals surface area contributed by atoms with Crippen LogP contribution in [0.25, 0.3) is 0 Å². The van der Waals surface area contributed by atoms with E-state index in [1.54, 1.807) is 0 Å². The highest BCUT2D eigenvalue weighted by atomic mass is 16.7. The van der Waals surface area contributed by atoms with Gasteiger partial charge in [0, 0.05) is 11.8 Å². The van der Waals surface area contributed by atoms with Crippen molar-refractivity contribution in [2.24, 2.45) is 17.8 Å². The van der Waals surface area contributed by atoms with E-state index in [-0.39, 0.29) is 24.3 Å². The second-order valence-corrected chi connectivity index (χ2v) is 4.84. The Bertz CT molecular complexity index is 349. The molecule has 16 heavy (non-hydrogen) atoms. The van der Waals surface area contributed by atoms with Crippen molar-refractivity contribution in [3.05, 3.63) is 11.8 Å². The lowest BCUT2D eigenvalue weighted by molar-refractivity contribution is -0.144. The average Bonchev–Trinajstić information content (AvgIpc) is 2.85. The molecule has 0 N–H and O–H groups in total. The number of ether oxygens (including phenoxy) is 3.